The van der Waals surface area contributed by atoms with E-state index in [-0.39, 0.29) is 18.2 Å². The van der Waals surface area contributed by atoms with E-state index in [0.29, 0.717) is 11.2 Å². The van der Waals surface area contributed by atoms with E-state index in [1.54, 1.807) is 13.8 Å². The number of carbonyl (C=O) groups excluding carboxylic acids is 1. The highest BCUT2D eigenvalue weighted by Crippen LogP contribution is 2.08. The molecule has 0 spiro atoms. The van der Waals surface area contributed by atoms with Crippen molar-refractivity contribution in [1.82, 2.24) is 14.3 Å². The summed E-state index contributed by atoms with van der Waals surface area (Å²) in [5.41, 5.74) is -0.528. The fourth-order valence-corrected chi connectivity index (χ4v) is 1.55. The zero-order valence-corrected chi connectivity index (χ0v) is 12.8. The lowest BCUT2D eigenvalue weighted by Crippen LogP contribution is -2.32. The molecule has 114 valence electrons. The standard InChI is InChI=1S/C13H23N3O4/c1-6-7-8-15-11(19-9(2)3)14-16(12(15)17)13(18)20-10(4)5/h9-10H,6-8H2,1-5H3. The lowest BCUT2D eigenvalue weighted by Gasteiger charge is -2.08. The van der Waals surface area contributed by atoms with Crippen molar-refractivity contribution in [3.63, 3.8) is 0 Å². The molecular weight excluding hydrogens is 262 g/mol. The second-order valence-electron chi connectivity index (χ2n) is 5.08. The number of aromatic nitrogens is 3. The Morgan fingerprint density at radius 3 is 2.40 bits per heavy atom. The van der Waals surface area contributed by atoms with E-state index < -0.39 is 11.8 Å². The third kappa shape index (κ3) is 4.11. The number of nitrogens with zero attached hydrogens (tertiary/aromatic N) is 3. The van der Waals surface area contributed by atoms with Crippen molar-refractivity contribution in [2.24, 2.45) is 0 Å². The molecule has 7 heteroatoms. The molecule has 1 rings (SSSR count). The molecule has 0 aliphatic carbocycles. The van der Waals surface area contributed by atoms with E-state index >= 15 is 0 Å². The Bertz CT molecular complexity index is 502. The number of ether oxygens (including phenoxy) is 2. The first-order chi connectivity index (χ1) is 9.36. The van der Waals surface area contributed by atoms with E-state index in [1.807, 2.05) is 20.8 Å². The summed E-state index contributed by atoms with van der Waals surface area (Å²) in [4.78, 5) is 24.0. The number of carbonyl (C=O) groups is 1. The van der Waals surface area contributed by atoms with Crippen LogP contribution in [0.25, 0.3) is 0 Å². The van der Waals surface area contributed by atoms with Gasteiger partial charge in [-0.3, -0.25) is 0 Å². The van der Waals surface area contributed by atoms with E-state index in [2.05, 4.69) is 5.10 Å². The average molecular weight is 285 g/mol. The van der Waals surface area contributed by atoms with Crippen molar-refractivity contribution in [1.29, 1.82) is 0 Å². The molecule has 1 heterocycles. The maximum Gasteiger partial charge on any atom is 0.439 e. The van der Waals surface area contributed by atoms with Crippen molar-refractivity contribution >= 4 is 6.09 Å². The quantitative estimate of drug-likeness (QED) is 0.799. The molecule has 20 heavy (non-hydrogen) atoms. The highest BCUT2D eigenvalue weighted by atomic mass is 16.6. The van der Waals surface area contributed by atoms with Crippen LogP contribution in [0.5, 0.6) is 6.01 Å². The second kappa shape index (κ2) is 7.12. The molecule has 0 saturated carbocycles. The molecule has 1 aromatic heterocycles. The van der Waals surface area contributed by atoms with E-state index in [0.717, 1.165) is 12.8 Å². The minimum absolute atomic E-state index is 0.133. The van der Waals surface area contributed by atoms with Crippen molar-refractivity contribution in [3.8, 4) is 6.01 Å². The van der Waals surface area contributed by atoms with Crippen LogP contribution in [0.1, 0.15) is 47.5 Å². The van der Waals surface area contributed by atoms with Gasteiger partial charge in [-0.15, -0.1) is 9.78 Å². The molecule has 0 fully saturated rings. The molecule has 0 unspecified atom stereocenters. The van der Waals surface area contributed by atoms with Crippen LogP contribution in [0.2, 0.25) is 0 Å². The highest BCUT2D eigenvalue weighted by Gasteiger charge is 2.21. The molecule has 0 aliphatic heterocycles. The number of rotatable bonds is 6. The van der Waals surface area contributed by atoms with E-state index in [4.69, 9.17) is 9.47 Å². The molecule has 0 N–H and O–H groups in total. The van der Waals surface area contributed by atoms with Gasteiger partial charge in [0.2, 0.25) is 0 Å². The van der Waals surface area contributed by atoms with Gasteiger partial charge in [0.25, 0.3) is 0 Å². The molecule has 0 bridgehead atoms. The third-order valence-electron chi connectivity index (χ3n) is 2.41. The second-order valence-corrected chi connectivity index (χ2v) is 5.08. The Labute approximate surface area is 118 Å². The smallest absolute Gasteiger partial charge is 0.439 e. The van der Waals surface area contributed by atoms with Gasteiger partial charge in [-0.1, -0.05) is 13.3 Å². The van der Waals surface area contributed by atoms with E-state index in [9.17, 15) is 9.59 Å². The molecule has 0 atom stereocenters. The fraction of sp³-hybridized carbons (Fsp3) is 0.769. The third-order valence-corrected chi connectivity index (χ3v) is 2.41. The van der Waals surface area contributed by atoms with Crippen molar-refractivity contribution in [3.05, 3.63) is 10.5 Å². The molecule has 1 aromatic rings. The average Bonchev–Trinajstić information content (AvgIpc) is 2.62. The van der Waals surface area contributed by atoms with Crippen LogP contribution >= 0.6 is 0 Å². The van der Waals surface area contributed by atoms with Gasteiger partial charge < -0.3 is 9.47 Å². The predicted molar refractivity (Wildman–Crippen MR) is 74.2 cm³/mol. The largest absolute Gasteiger partial charge is 0.461 e. The molecular formula is C13H23N3O4. The van der Waals surface area contributed by atoms with Crippen molar-refractivity contribution < 1.29 is 14.3 Å². The maximum absolute atomic E-state index is 12.2. The number of unbranched alkanes of at least 4 members (excludes halogenated alkanes) is 1. The SMILES string of the molecule is CCCCn1c(OC(C)C)nn(C(=O)OC(C)C)c1=O. The van der Waals surface area contributed by atoms with E-state index in [1.165, 1.54) is 4.57 Å². The van der Waals surface area contributed by atoms with Gasteiger partial charge in [0.15, 0.2) is 0 Å². The lowest BCUT2D eigenvalue weighted by atomic mass is 10.3. The first kappa shape index (κ1) is 16.3. The maximum atomic E-state index is 12.2. The van der Waals surface area contributed by atoms with Gasteiger partial charge >= 0.3 is 17.8 Å². The van der Waals surface area contributed by atoms with Gasteiger partial charge in [-0.2, -0.15) is 0 Å². The van der Waals surface area contributed by atoms with Crippen LogP contribution < -0.4 is 10.4 Å². The van der Waals surface area contributed by atoms with Crippen LogP contribution in [0.4, 0.5) is 4.79 Å². The summed E-state index contributed by atoms with van der Waals surface area (Å²) in [6.45, 7) is 9.57. The highest BCUT2D eigenvalue weighted by molar-refractivity contribution is 5.69. The van der Waals surface area contributed by atoms with Gasteiger partial charge in [0, 0.05) is 6.54 Å². The molecule has 0 amide bonds. The summed E-state index contributed by atoms with van der Waals surface area (Å²) in [6, 6.07) is 0.152. The van der Waals surface area contributed by atoms with Crippen molar-refractivity contribution in [2.75, 3.05) is 0 Å². The van der Waals surface area contributed by atoms with Crippen LogP contribution in [0.15, 0.2) is 4.79 Å². The molecule has 0 radical (unpaired) electrons. The minimum atomic E-state index is -0.783. The Balaban J connectivity index is 3.10. The van der Waals surface area contributed by atoms with Crippen LogP contribution in [0, 0.1) is 0 Å². The Hall–Kier alpha value is -1.79. The van der Waals surface area contributed by atoms with Crippen LogP contribution in [-0.4, -0.2) is 32.6 Å². The minimum Gasteiger partial charge on any atom is -0.461 e. The Morgan fingerprint density at radius 1 is 1.25 bits per heavy atom. The van der Waals surface area contributed by atoms with Crippen LogP contribution in [0.3, 0.4) is 0 Å². The topological polar surface area (TPSA) is 75.3 Å². The Morgan fingerprint density at radius 2 is 1.90 bits per heavy atom. The summed E-state index contributed by atoms with van der Waals surface area (Å²) < 4.78 is 12.6. The summed E-state index contributed by atoms with van der Waals surface area (Å²) in [5, 5.41) is 3.93. The summed E-state index contributed by atoms with van der Waals surface area (Å²) >= 11 is 0. The lowest BCUT2D eigenvalue weighted by molar-refractivity contribution is 0.112. The predicted octanol–water partition coefficient (Wildman–Crippen LogP) is 2.03. The Kier molecular flexibility index (Phi) is 5.79. The molecule has 0 saturated heterocycles. The summed E-state index contributed by atoms with van der Waals surface area (Å²) in [5.74, 6) is 0. The number of hydrogen-bond donors (Lipinski definition) is 0. The molecule has 0 aliphatic rings. The van der Waals surface area contributed by atoms with Crippen molar-refractivity contribution in [2.45, 2.75) is 66.2 Å². The zero-order chi connectivity index (χ0) is 15.3. The zero-order valence-electron chi connectivity index (χ0n) is 12.8. The van der Waals surface area contributed by atoms with Gasteiger partial charge in [-0.25, -0.2) is 14.2 Å². The molecule has 7 nitrogen and oxygen atoms in total. The normalized spacial score (nSPS) is 11.2. The van der Waals surface area contributed by atoms with Gasteiger partial charge in [0.1, 0.15) is 0 Å². The van der Waals surface area contributed by atoms with Gasteiger partial charge in [0.05, 0.1) is 12.2 Å². The monoisotopic (exact) mass is 285 g/mol. The fourth-order valence-electron chi connectivity index (χ4n) is 1.55. The van der Waals surface area contributed by atoms with Crippen LogP contribution in [-0.2, 0) is 11.3 Å². The summed E-state index contributed by atoms with van der Waals surface area (Å²) in [7, 11) is 0. The molecule has 0 aromatic carbocycles. The summed E-state index contributed by atoms with van der Waals surface area (Å²) in [6.07, 6.45) is 0.499. The first-order valence-corrected chi connectivity index (χ1v) is 6.94. The number of hydrogen-bond acceptors (Lipinski definition) is 5. The van der Waals surface area contributed by atoms with Gasteiger partial charge in [-0.05, 0) is 34.1 Å². The first-order valence-electron chi connectivity index (χ1n) is 6.94.